The van der Waals surface area contributed by atoms with E-state index in [0.29, 0.717) is 13.2 Å². The summed E-state index contributed by atoms with van der Waals surface area (Å²) in [6.07, 6.45) is 0. The molecule has 0 aliphatic heterocycles. The summed E-state index contributed by atoms with van der Waals surface area (Å²) in [6.45, 7) is 1.25. The summed E-state index contributed by atoms with van der Waals surface area (Å²) in [5.74, 6) is -0.122. The highest BCUT2D eigenvalue weighted by Gasteiger charge is 2.03. The van der Waals surface area contributed by atoms with Crippen molar-refractivity contribution in [1.82, 2.24) is 0 Å². The molecule has 2 rings (SSSR count). The molecule has 4 heteroatoms. The monoisotopic (exact) mass is 275 g/mol. The summed E-state index contributed by atoms with van der Waals surface area (Å²) in [5, 5.41) is 3.24. The summed E-state index contributed by atoms with van der Waals surface area (Å²) < 4.78 is 23.4. The SMILES string of the molecule is COCc1cccc(CNc2ccc(F)c(OC)c2)c1. The van der Waals surface area contributed by atoms with Gasteiger partial charge in [-0.05, 0) is 23.3 Å². The Balaban J connectivity index is 2.03. The van der Waals surface area contributed by atoms with Crippen LogP contribution in [0.2, 0.25) is 0 Å². The molecule has 0 aliphatic rings. The van der Waals surface area contributed by atoms with Gasteiger partial charge in [0.25, 0.3) is 0 Å². The summed E-state index contributed by atoms with van der Waals surface area (Å²) in [5.41, 5.74) is 3.09. The van der Waals surface area contributed by atoms with Crippen molar-refractivity contribution in [1.29, 1.82) is 0 Å². The smallest absolute Gasteiger partial charge is 0.165 e. The molecule has 0 heterocycles. The fourth-order valence-corrected chi connectivity index (χ4v) is 1.97. The van der Waals surface area contributed by atoms with E-state index in [9.17, 15) is 4.39 Å². The summed E-state index contributed by atoms with van der Waals surface area (Å²) in [7, 11) is 3.13. The molecule has 0 saturated heterocycles. The second kappa shape index (κ2) is 6.91. The van der Waals surface area contributed by atoms with Gasteiger partial charge in [0, 0.05) is 25.4 Å². The molecule has 0 radical (unpaired) electrons. The third kappa shape index (κ3) is 3.71. The Morgan fingerprint density at radius 1 is 1.05 bits per heavy atom. The highest BCUT2D eigenvalue weighted by Crippen LogP contribution is 2.22. The van der Waals surface area contributed by atoms with E-state index in [0.717, 1.165) is 16.8 Å². The molecule has 0 unspecified atom stereocenters. The topological polar surface area (TPSA) is 30.5 Å². The number of benzene rings is 2. The molecule has 0 saturated carbocycles. The number of nitrogens with one attached hydrogen (secondary N) is 1. The van der Waals surface area contributed by atoms with Crippen LogP contribution in [0, 0.1) is 5.82 Å². The van der Waals surface area contributed by atoms with Crippen LogP contribution in [0.25, 0.3) is 0 Å². The van der Waals surface area contributed by atoms with Gasteiger partial charge < -0.3 is 14.8 Å². The van der Waals surface area contributed by atoms with Crippen LogP contribution < -0.4 is 10.1 Å². The molecule has 0 bridgehead atoms. The van der Waals surface area contributed by atoms with Crippen molar-refractivity contribution in [3.63, 3.8) is 0 Å². The maximum atomic E-state index is 13.3. The van der Waals surface area contributed by atoms with Gasteiger partial charge in [-0.1, -0.05) is 24.3 Å². The van der Waals surface area contributed by atoms with Gasteiger partial charge >= 0.3 is 0 Å². The predicted molar refractivity (Wildman–Crippen MR) is 77.4 cm³/mol. The molecule has 3 nitrogen and oxygen atoms in total. The average Bonchev–Trinajstić information content (AvgIpc) is 2.47. The minimum atomic E-state index is -0.361. The summed E-state index contributed by atoms with van der Waals surface area (Å²) in [4.78, 5) is 0. The molecular weight excluding hydrogens is 257 g/mol. The Hall–Kier alpha value is -2.07. The number of hydrogen-bond acceptors (Lipinski definition) is 3. The third-order valence-electron chi connectivity index (χ3n) is 2.95. The number of anilines is 1. The molecule has 20 heavy (non-hydrogen) atoms. The number of hydrogen-bond donors (Lipinski definition) is 1. The molecule has 2 aromatic carbocycles. The Morgan fingerprint density at radius 3 is 2.60 bits per heavy atom. The van der Waals surface area contributed by atoms with Crippen molar-refractivity contribution in [2.75, 3.05) is 19.5 Å². The van der Waals surface area contributed by atoms with Crippen molar-refractivity contribution < 1.29 is 13.9 Å². The standard InChI is InChI=1S/C16H18FNO2/c1-19-11-13-5-3-4-12(8-13)10-18-14-6-7-15(17)16(9-14)20-2/h3-9,18H,10-11H2,1-2H3. The van der Waals surface area contributed by atoms with Crippen LogP contribution in [0.4, 0.5) is 10.1 Å². The first kappa shape index (κ1) is 14.3. The van der Waals surface area contributed by atoms with E-state index in [4.69, 9.17) is 9.47 Å². The quantitative estimate of drug-likeness (QED) is 0.874. The number of methoxy groups -OCH3 is 2. The normalized spacial score (nSPS) is 10.3. The van der Waals surface area contributed by atoms with Gasteiger partial charge in [-0.15, -0.1) is 0 Å². The zero-order chi connectivity index (χ0) is 14.4. The first-order valence-electron chi connectivity index (χ1n) is 6.37. The Bertz CT molecular complexity index is 572. The van der Waals surface area contributed by atoms with Gasteiger partial charge in [0.05, 0.1) is 13.7 Å². The van der Waals surface area contributed by atoms with Crippen molar-refractivity contribution >= 4 is 5.69 Å². The average molecular weight is 275 g/mol. The van der Waals surface area contributed by atoms with Gasteiger partial charge in [-0.25, -0.2) is 4.39 Å². The van der Waals surface area contributed by atoms with Crippen LogP contribution in [-0.2, 0) is 17.9 Å². The van der Waals surface area contributed by atoms with Gasteiger partial charge in [-0.3, -0.25) is 0 Å². The molecule has 0 atom stereocenters. The van der Waals surface area contributed by atoms with Crippen LogP contribution in [0.1, 0.15) is 11.1 Å². The van der Waals surface area contributed by atoms with E-state index < -0.39 is 0 Å². The molecule has 2 aromatic rings. The minimum absolute atomic E-state index is 0.239. The number of halogens is 1. The van der Waals surface area contributed by atoms with Crippen LogP contribution in [0.5, 0.6) is 5.75 Å². The van der Waals surface area contributed by atoms with Crippen molar-refractivity contribution in [2.45, 2.75) is 13.2 Å². The van der Waals surface area contributed by atoms with E-state index >= 15 is 0 Å². The van der Waals surface area contributed by atoms with E-state index in [1.807, 2.05) is 18.2 Å². The number of rotatable bonds is 6. The lowest BCUT2D eigenvalue weighted by atomic mass is 10.1. The second-order valence-electron chi connectivity index (χ2n) is 4.46. The first-order chi connectivity index (χ1) is 9.72. The Labute approximate surface area is 118 Å². The molecule has 0 amide bonds. The lowest BCUT2D eigenvalue weighted by Gasteiger charge is -2.10. The zero-order valence-electron chi connectivity index (χ0n) is 11.7. The lowest BCUT2D eigenvalue weighted by molar-refractivity contribution is 0.185. The second-order valence-corrected chi connectivity index (χ2v) is 4.46. The molecule has 0 aromatic heterocycles. The Morgan fingerprint density at radius 2 is 1.85 bits per heavy atom. The van der Waals surface area contributed by atoms with E-state index in [2.05, 4.69) is 11.4 Å². The highest BCUT2D eigenvalue weighted by atomic mass is 19.1. The molecule has 1 N–H and O–H groups in total. The number of ether oxygens (including phenoxy) is 2. The zero-order valence-corrected chi connectivity index (χ0v) is 11.7. The molecule has 0 fully saturated rings. The van der Waals surface area contributed by atoms with Crippen LogP contribution in [0.3, 0.4) is 0 Å². The van der Waals surface area contributed by atoms with Crippen molar-refractivity contribution in [3.05, 3.63) is 59.4 Å². The molecule has 0 spiro atoms. The largest absolute Gasteiger partial charge is 0.494 e. The predicted octanol–water partition coefficient (Wildman–Crippen LogP) is 3.59. The van der Waals surface area contributed by atoms with Gasteiger partial charge in [-0.2, -0.15) is 0 Å². The van der Waals surface area contributed by atoms with Crippen molar-refractivity contribution in [3.8, 4) is 5.75 Å². The summed E-state index contributed by atoms with van der Waals surface area (Å²) in [6, 6.07) is 12.9. The maximum Gasteiger partial charge on any atom is 0.165 e. The summed E-state index contributed by atoms with van der Waals surface area (Å²) >= 11 is 0. The van der Waals surface area contributed by atoms with Gasteiger partial charge in [0.2, 0.25) is 0 Å². The van der Waals surface area contributed by atoms with Crippen LogP contribution in [0.15, 0.2) is 42.5 Å². The Kier molecular flexibility index (Phi) is 4.96. The fourth-order valence-electron chi connectivity index (χ4n) is 1.97. The fraction of sp³-hybridized carbons (Fsp3) is 0.250. The van der Waals surface area contributed by atoms with E-state index in [1.54, 1.807) is 19.2 Å². The molecular formula is C16H18FNO2. The van der Waals surface area contributed by atoms with Crippen LogP contribution in [-0.4, -0.2) is 14.2 Å². The van der Waals surface area contributed by atoms with Crippen molar-refractivity contribution in [2.24, 2.45) is 0 Å². The van der Waals surface area contributed by atoms with E-state index in [1.165, 1.54) is 13.2 Å². The first-order valence-corrected chi connectivity index (χ1v) is 6.37. The molecule has 0 aliphatic carbocycles. The van der Waals surface area contributed by atoms with Crippen LogP contribution >= 0.6 is 0 Å². The lowest BCUT2D eigenvalue weighted by Crippen LogP contribution is -2.01. The third-order valence-corrected chi connectivity index (χ3v) is 2.95. The molecule has 106 valence electrons. The maximum absolute atomic E-state index is 13.3. The van der Waals surface area contributed by atoms with Gasteiger partial charge in [0.15, 0.2) is 11.6 Å². The van der Waals surface area contributed by atoms with E-state index in [-0.39, 0.29) is 11.6 Å². The highest BCUT2D eigenvalue weighted by molar-refractivity contribution is 5.49. The minimum Gasteiger partial charge on any atom is -0.494 e. The van der Waals surface area contributed by atoms with Gasteiger partial charge in [0.1, 0.15) is 0 Å².